The zero-order valence-corrected chi connectivity index (χ0v) is 12.6. The zero-order chi connectivity index (χ0) is 12.6. The molecule has 0 aromatic carbocycles. The minimum atomic E-state index is 0.844. The molecule has 0 amide bonds. The minimum Gasteiger partial charge on any atom is -0.0654 e. The second-order valence-electron chi connectivity index (χ2n) is 6.03. The van der Waals surface area contributed by atoms with Gasteiger partial charge in [0.15, 0.2) is 0 Å². The Morgan fingerprint density at radius 1 is 0.750 bits per heavy atom. The summed E-state index contributed by atoms with van der Waals surface area (Å²) in [5.74, 6) is 3.57. The second-order valence-corrected chi connectivity index (χ2v) is 6.03. The summed E-state index contributed by atoms with van der Waals surface area (Å²) < 4.78 is 0. The number of hydrogen-bond donors (Lipinski definition) is 0. The highest BCUT2D eigenvalue weighted by Gasteiger charge is 2.24. The van der Waals surface area contributed by atoms with Gasteiger partial charge in [-0.15, -0.1) is 0 Å². The lowest BCUT2D eigenvalue weighted by Gasteiger charge is -2.32. The van der Waals surface area contributed by atoms with E-state index in [4.69, 9.17) is 0 Å². The molecule has 0 fully saturated rings. The average Bonchev–Trinajstić information content (AvgIpc) is 2.23. The van der Waals surface area contributed by atoms with Gasteiger partial charge >= 0.3 is 0 Å². The molecule has 0 heteroatoms. The SMILES string of the molecule is CCCCCCC(C)C(C(C)C)C(C)CC. The third-order valence-electron chi connectivity index (χ3n) is 4.24. The van der Waals surface area contributed by atoms with Crippen LogP contribution in [0.2, 0.25) is 0 Å². The van der Waals surface area contributed by atoms with Gasteiger partial charge in [0.2, 0.25) is 0 Å². The van der Waals surface area contributed by atoms with Crippen molar-refractivity contribution in [1.29, 1.82) is 0 Å². The van der Waals surface area contributed by atoms with E-state index in [2.05, 4.69) is 41.5 Å². The van der Waals surface area contributed by atoms with E-state index < -0.39 is 0 Å². The summed E-state index contributed by atoms with van der Waals surface area (Å²) in [5, 5.41) is 0. The maximum absolute atomic E-state index is 2.47. The lowest BCUT2D eigenvalue weighted by molar-refractivity contribution is 0.171. The van der Waals surface area contributed by atoms with Crippen molar-refractivity contribution >= 4 is 0 Å². The Balaban J connectivity index is 4.02. The van der Waals surface area contributed by atoms with E-state index in [-0.39, 0.29) is 0 Å². The van der Waals surface area contributed by atoms with E-state index >= 15 is 0 Å². The first kappa shape index (κ1) is 16.0. The molecule has 0 N–H and O–H groups in total. The third-order valence-corrected chi connectivity index (χ3v) is 4.24. The van der Waals surface area contributed by atoms with Gasteiger partial charge in [0.1, 0.15) is 0 Å². The van der Waals surface area contributed by atoms with Crippen LogP contribution in [0.25, 0.3) is 0 Å². The first-order chi connectivity index (χ1) is 7.54. The second kappa shape index (κ2) is 9.07. The summed E-state index contributed by atoms with van der Waals surface area (Å²) in [6.07, 6.45) is 8.42. The highest BCUT2D eigenvalue weighted by Crippen LogP contribution is 2.33. The van der Waals surface area contributed by atoms with Gasteiger partial charge in [0, 0.05) is 0 Å². The van der Waals surface area contributed by atoms with Crippen LogP contribution >= 0.6 is 0 Å². The molecule has 0 aromatic rings. The van der Waals surface area contributed by atoms with E-state index in [0.29, 0.717) is 0 Å². The van der Waals surface area contributed by atoms with Crippen molar-refractivity contribution < 1.29 is 0 Å². The highest BCUT2D eigenvalue weighted by molar-refractivity contribution is 4.74. The lowest BCUT2D eigenvalue weighted by Crippen LogP contribution is -2.24. The first-order valence-electron chi connectivity index (χ1n) is 7.54. The molecule has 0 heterocycles. The zero-order valence-electron chi connectivity index (χ0n) is 12.6. The molecule has 0 nitrogen and oxygen atoms in total. The molecule has 98 valence electrons. The molecule has 0 aromatic heterocycles. The molecule has 3 unspecified atom stereocenters. The molecule has 3 atom stereocenters. The molecule has 0 aliphatic heterocycles. The van der Waals surface area contributed by atoms with Crippen LogP contribution in [0.4, 0.5) is 0 Å². The fourth-order valence-corrected chi connectivity index (χ4v) is 3.23. The van der Waals surface area contributed by atoms with Gasteiger partial charge < -0.3 is 0 Å². The van der Waals surface area contributed by atoms with Crippen LogP contribution in [-0.4, -0.2) is 0 Å². The van der Waals surface area contributed by atoms with Crippen molar-refractivity contribution in [3.63, 3.8) is 0 Å². The van der Waals surface area contributed by atoms with Crippen LogP contribution in [0.1, 0.15) is 80.1 Å². The van der Waals surface area contributed by atoms with Gasteiger partial charge in [-0.1, -0.05) is 80.1 Å². The van der Waals surface area contributed by atoms with Crippen LogP contribution in [0, 0.1) is 23.7 Å². The lowest BCUT2D eigenvalue weighted by atomic mass is 9.73. The molecular weight excluding hydrogens is 192 g/mol. The molecule has 0 saturated carbocycles. The van der Waals surface area contributed by atoms with Crippen LogP contribution < -0.4 is 0 Å². The Labute approximate surface area is 104 Å². The summed E-state index contributed by atoms with van der Waals surface area (Å²) >= 11 is 0. The Kier molecular flexibility index (Phi) is 9.07. The first-order valence-corrected chi connectivity index (χ1v) is 7.54. The van der Waals surface area contributed by atoms with Crippen LogP contribution in [0.15, 0.2) is 0 Å². The molecule has 0 spiro atoms. The van der Waals surface area contributed by atoms with Crippen molar-refractivity contribution in [2.75, 3.05) is 0 Å². The maximum atomic E-state index is 2.47. The van der Waals surface area contributed by atoms with E-state index in [1.807, 2.05) is 0 Å². The van der Waals surface area contributed by atoms with Crippen molar-refractivity contribution in [2.24, 2.45) is 23.7 Å². The summed E-state index contributed by atoms with van der Waals surface area (Å²) in [4.78, 5) is 0. The molecule has 0 rings (SSSR count). The predicted molar refractivity (Wildman–Crippen MR) is 75.7 cm³/mol. The summed E-state index contributed by atoms with van der Waals surface area (Å²) in [5.41, 5.74) is 0. The van der Waals surface area contributed by atoms with Crippen molar-refractivity contribution in [1.82, 2.24) is 0 Å². The average molecular weight is 226 g/mol. The Hall–Kier alpha value is 0. The molecule has 0 saturated heterocycles. The van der Waals surface area contributed by atoms with Crippen molar-refractivity contribution in [2.45, 2.75) is 80.1 Å². The normalized spacial score (nSPS) is 17.4. The van der Waals surface area contributed by atoms with Gasteiger partial charge in [-0.2, -0.15) is 0 Å². The number of rotatable bonds is 9. The molecule has 0 bridgehead atoms. The van der Waals surface area contributed by atoms with E-state index in [1.165, 1.54) is 38.5 Å². The van der Waals surface area contributed by atoms with Gasteiger partial charge in [-0.3, -0.25) is 0 Å². The predicted octanol–water partition coefficient (Wildman–Crippen LogP) is 5.91. The topological polar surface area (TPSA) is 0 Å². The van der Waals surface area contributed by atoms with E-state index in [0.717, 1.165) is 23.7 Å². The Bertz CT molecular complexity index is 148. The number of unbranched alkanes of at least 4 members (excludes halogenated alkanes) is 3. The number of hydrogen-bond acceptors (Lipinski definition) is 0. The van der Waals surface area contributed by atoms with Gasteiger partial charge in [0.05, 0.1) is 0 Å². The van der Waals surface area contributed by atoms with Crippen LogP contribution in [0.3, 0.4) is 0 Å². The molecule has 0 aliphatic rings. The fraction of sp³-hybridized carbons (Fsp3) is 1.00. The van der Waals surface area contributed by atoms with Crippen molar-refractivity contribution in [3.05, 3.63) is 0 Å². The molecule has 16 heavy (non-hydrogen) atoms. The third kappa shape index (κ3) is 5.92. The van der Waals surface area contributed by atoms with Crippen molar-refractivity contribution in [3.8, 4) is 0 Å². The van der Waals surface area contributed by atoms with E-state index in [9.17, 15) is 0 Å². The molecule has 0 radical (unpaired) electrons. The fourth-order valence-electron chi connectivity index (χ4n) is 3.23. The summed E-state index contributed by atoms with van der Waals surface area (Å²) in [6.45, 7) is 14.3. The molecular formula is C16H34. The molecule has 0 aliphatic carbocycles. The van der Waals surface area contributed by atoms with Crippen LogP contribution in [0.5, 0.6) is 0 Å². The highest BCUT2D eigenvalue weighted by atomic mass is 14.3. The van der Waals surface area contributed by atoms with Gasteiger partial charge in [-0.05, 0) is 23.7 Å². The summed E-state index contributed by atoms with van der Waals surface area (Å²) in [7, 11) is 0. The van der Waals surface area contributed by atoms with Crippen LogP contribution in [-0.2, 0) is 0 Å². The standard InChI is InChI=1S/C16H34/c1-7-9-10-11-12-15(6)16(13(3)4)14(5)8-2/h13-16H,7-12H2,1-6H3. The minimum absolute atomic E-state index is 0.844. The Morgan fingerprint density at radius 2 is 1.38 bits per heavy atom. The summed E-state index contributed by atoms with van der Waals surface area (Å²) in [6, 6.07) is 0. The Morgan fingerprint density at radius 3 is 1.81 bits per heavy atom. The maximum Gasteiger partial charge on any atom is -0.0340 e. The van der Waals surface area contributed by atoms with Gasteiger partial charge in [0.25, 0.3) is 0 Å². The van der Waals surface area contributed by atoms with E-state index in [1.54, 1.807) is 0 Å². The monoisotopic (exact) mass is 226 g/mol. The smallest absolute Gasteiger partial charge is 0.0340 e. The quantitative estimate of drug-likeness (QED) is 0.429. The van der Waals surface area contributed by atoms with Gasteiger partial charge in [-0.25, -0.2) is 0 Å². The largest absolute Gasteiger partial charge is 0.0654 e.